The van der Waals surface area contributed by atoms with E-state index in [1.54, 1.807) is 25.1 Å². The van der Waals surface area contributed by atoms with Crippen LogP contribution < -0.4 is 11.1 Å². The first kappa shape index (κ1) is 14.5. The number of anilines is 1. The minimum absolute atomic E-state index is 0.0262. The van der Waals surface area contributed by atoms with E-state index in [-0.39, 0.29) is 18.2 Å². The van der Waals surface area contributed by atoms with Gasteiger partial charge in [-0.1, -0.05) is 6.92 Å². The summed E-state index contributed by atoms with van der Waals surface area (Å²) in [5, 5.41) is 11.3. The number of amides is 1. The topological polar surface area (TPSA) is 92.4 Å². The number of nitrogens with two attached hydrogens (primary N) is 1. The second kappa shape index (κ2) is 6.39. The smallest absolute Gasteiger partial charge is 0.303 e. The van der Waals surface area contributed by atoms with E-state index in [9.17, 15) is 9.59 Å². The number of hydrogen-bond donors (Lipinski definition) is 3. The van der Waals surface area contributed by atoms with Gasteiger partial charge in [-0.05, 0) is 40.0 Å². The Balaban J connectivity index is 2.60. The number of aliphatic carboxylic acids is 1. The summed E-state index contributed by atoms with van der Waals surface area (Å²) in [5.41, 5.74) is 6.55. The maximum atomic E-state index is 11.9. The fourth-order valence-electron chi connectivity index (χ4n) is 1.45. The number of carbonyl (C=O) groups is 2. The van der Waals surface area contributed by atoms with Crippen LogP contribution in [0.5, 0.6) is 0 Å². The fourth-order valence-corrected chi connectivity index (χ4v) is 1.88. The van der Waals surface area contributed by atoms with E-state index in [4.69, 9.17) is 10.8 Å². The van der Waals surface area contributed by atoms with Gasteiger partial charge in [0.15, 0.2) is 0 Å². The molecule has 98 valence electrons. The molecule has 0 saturated heterocycles. The number of nitrogens with one attached hydrogen (secondary N) is 1. The minimum Gasteiger partial charge on any atom is -0.481 e. The molecule has 0 saturated carbocycles. The second-order valence-electron chi connectivity index (χ2n) is 4.15. The molecule has 1 unspecified atom stereocenters. The van der Waals surface area contributed by atoms with E-state index >= 15 is 0 Å². The molecule has 4 N–H and O–H groups in total. The summed E-state index contributed by atoms with van der Waals surface area (Å²) >= 11 is 3.27. The Bertz CT molecular complexity index is 463. The minimum atomic E-state index is -0.873. The van der Waals surface area contributed by atoms with Gasteiger partial charge in [0, 0.05) is 23.1 Å². The van der Waals surface area contributed by atoms with Crippen molar-refractivity contribution in [1.29, 1.82) is 0 Å². The lowest BCUT2D eigenvalue weighted by atomic mass is 10.1. The van der Waals surface area contributed by atoms with Gasteiger partial charge in [0.1, 0.15) is 0 Å². The van der Waals surface area contributed by atoms with Crippen molar-refractivity contribution < 1.29 is 14.7 Å². The van der Waals surface area contributed by atoms with Crippen LogP contribution in [-0.4, -0.2) is 23.5 Å². The summed E-state index contributed by atoms with van der Waals surface area (Å²) in [6.07, 6.45) is 0.0262. The zero-order chi connectivity index (χ0) is 13.7. The third-order valence-corrected chi connectivity index (χ3v) is 3.06. The van der Waals surface area contributed by atoms with Crippen molar-refractivity contribution in [3.05, 3.63) is 28.2 Å². The summed E-state index contributed by atoms with van der Waals surface area (Å²) in [6, 6.07) is 4.96. The van der Waals surface area contributed by atoms with Crippen LogP contribution >= 0.6 is 15.9 Å². The number of hydrogen-bond acceptors (Lipinski definition) is 3. The van der Waals surface area contributed by atoms with Crippen LogP contribution in [0.4, 0.5) is 5.69 Å². The molecular formula is C12H15BrN2O3. The number of halogens is 1. The Hall–Kier alpha value is -1.56. The Morgan fingerprint density at radius 2 is 2.17 bits per heavy atom. The lowest BCUT2D eigenvalue weighted by Crippen LogP contribution is -2.29. The van der Waals surface area contributed by atoms with Gasteiger partial charge in [0.2, 0.25) is 0 Å². The van der Waals surface area contributed by atoms with Crippen LogP contribution in [0.2, 0.25) is 0 Å². The van der Waals surface area contributed by atoms with Crippen molar-refractivity contribution >= 4 is 33.5 Å². The van der Waals surface area contributed by atoms with Crippen LogP contribution in [0.15, 0.2) is 22.7 Å². The Morgan fingerprint density at radius 3 is 2.78 bits per heavy atom. The first-order valence-corrected chi connectivity index (χ1v) is 6.24. The number of rotatable bonds is 5. The molecule has 6 heteroatoms. The SMILES string of the molecule is CC(CNC(=O)c1cc(N)ccc1Br)CC(=O)O. The molecule has 0 aliphatic heterocycles. The summed E-state index contributed by atoms with van der Waals surface area (Å²) < 4.78 is 0.653. The van der Waals surface area contributed by atoms with Crippen molar-refractivity contribution in [3.8, 4) is 0 Å². The monoisotopic (exact) mass is 314 g/mol. The molecule has 0 bridgehead atoms. The maximum absolute atomic E-state index is 11.9. The summed E-state index contributed by atoms with van der Waals surface area (Å²) in [4.78, 5) is 22.4. The van der Waals surface area contributed by atoms with Gasteiger partial charge in [0.25, 0.3) is 5.91 Å². The van der Waals surface area contributed by atoms with Gasteiger partial charge in [-0.3, -0.25) is 9.59 Å². The molecule has 18 heavy (non-hydrogen) atoms. The number of carbonyl (C=O) groups excluding carboxylic acids is 1. The number of carboxylic acid groups (broad SMARTS) is 1. The maximum Gasteiger partial charge on any atom is 0.303 e. The first-order valence-electron chi connectivity index (χ1n) is 5.45. The summed E-state index contributed by atoms with van der Waals surface area (Å²) in [6.45, 7) is 2.08. The zero-order valence-electron chi connectivity index (χ0n) is 9.94. The predicted molar refractivity (Wildman–Crippen MR) is 72.3 cm³/mol. The van der Waals surface area contributed by atoms with E-state index in [0.717, 1.165) is 0 Å². The highest BCUT2D eigenvalue weighted by Gasteiger charge is 2.13. The van der Waals surface area contributed by atoms with Gasteiger partial charge in [0.05, 0.1) is 5.56 Å². The first-order chi connectivity index (χ1) is 8.40. The van der Waals surface area contributed by atoms with Gasteiger partial charge in [-0.25, -0.2) is 0 Å². The lowest BCUT2D eigenvalue weighted by Gasteiger charge is -2.11. The molecule has 0 spiro atoms. The third kappa shape index (κ3) is 4.37. The molecule has 0 radical (unpaired) electrons. The van der Waals surface area contributed by atoms with Crippen LogP contribution in [-0.2, 0) is 4.79 Å². The second-order valence-corrected chi connectivity index (χ2v) is 5.01. The van der Waals surface area contributed by atoms with Crippen LogP contribution in [0.1, 0.15) is 23.7 Å². The zero-order valence-corrected chi connectivity index (χ0v) is 11.5. The van der Waals surface area contributed by atoms with E-state index in [1.807, 2.05) is 0 Å². The van der Waals surface area contributed by atoms with E-state index in [0.29, 0.717) is 22.3 Å². The molecule has 1 aromatic rings. The van der Waals surface area contributed by atoms with Crippen molar-refractivity contribution in [2.75, 3.05) is 12.3 Å². The van der Waals surface area contributed by atoms with Crippen molar-refractivity contribution in [2.24, 2.45) is 5.92 Å². The third-order valence-electron chi connectivity index (χ3n) is 2.37. The average Bonchev–Trinajstić information content (AvgIpc) is 2.28. The van der Waals surface area contributed by atoms with Crippen molar-refractivity contribution in [3.63, 3.8) is 0 Å². The predicted octanol–water partition coefficient (Wildman–Crippen LogP) is 1.87. The van der Waals surface area contributed by atoms with Gasteiger partial charge in [-0.15, -0.1) is 0 Å². The molecule has 1 aromatic carbocycles. The lowest BCUT2D eigenvalue weighted by molar-refractivity contribution is -0.137. The quantitative estimate of drug-likeness (QED) is 0.723. The van der Waals surface area contributed by atoms with Crippen LogP contribution in [0.25, 0.3) is 0 Å². The summed E-state index contributed by atoms with van der Waals surface area (Å²) in [5.74, 6) is -1.26. The molecule has 1 atom stereocenters. The Labute approximate surface area is 113 Å². The fraction of sp³-hybridized carbons (Fsp3) is 0.333. The molecular weight excluding hydrogens is 300 g/mol. The van der Waals surface area contributed by atoms with Crippen LogP contribution in [0.3, 0.4) is 0 Å². The van der Waals surface area contributed by atoms with Gasteiger partial charge in [-0.2, -0.15) is 0 Å². The highest BCUT2D eigenvalue weighted by Crippen LogP contribution is 2.19. The molecule has 0 heterocycles. The number of carboxylic acids is 1. The Kier molecular flexibility index (Phi) is 5.15. The van der Waals surface area contributed by atoms with Crippen molar-refractivity contribution in [2.45, 2.75) is 13.3 Å². The molecule has 0 aliphatic carbocycles. The van der Waals surface area contributed by atoms with Crippen LogP contribution in [0, 0.1) is 5.92 Å². The highest BCUT2D eigenvalue weighted by molar-refractivity contribution is 9.10. The largest absolute Gasteiger partial charge is 0.481 e. The number of nitrogen functional groups attached to an aromatic ring is 1. The van der Waals surface area contributed by atoms with E-state index in [2.05, 4.69) is 21.2 Å². The van der Waals surface area contributed by atoms with Crippen molar-refractivity contribution in [1.82, 2.24) is 5.32 Å². The molecule has 0 aliphatic rings. The number of benzene rings is 1. The molecule has 0 aromatic heterocycles. The van der Waals surface area contributed by atoms with E-state index < -0.39 is 5.97 Å². The molecule has 5 nitrogen and oxygen atoms in total. The molecule has 1 amide bonds. The average molecular weight is 315 g/mol. The van der Waals surface area contributed by atoms with Gasteiger partial charge < -0.3 is 16.2 Å². The standard InChI is InChI=1S/C12H15BrN2O3/c1-7(4-11(16)17)6-15-12(18)9-5-8(14)2-3-10(9)13/h2-3,5,7H,4,6,14H2,1H3,(H,15,18)(H,16,17). The summed E-state index contributed by atoms with van der Waals surface area (Å²) in [7, 11) is 0. The highest BCUT2D eigenvalue weighted by atomic mass is 79.9. The van der Waals surface area contributed by atoms with E-state index in [1.165, 1.54) is 0 Å². The molecule has 1 rings (SSSR count). The normalized spacial score (nSPS) is 11.9. The van der Waals surface area contributed by atoms with Gasteiger partial charge >= 0.3 is 5.97 Å². The Morgan fingerprint density at radius 1 is 1.50 bits per heavy atom. The molecule has 0 fully saturated rings.